The molecule has 2 aromatic rings. The van der Waals surface area contributed by atoms with Gasteiger partial charge in [0.2, 0.25) is 10.0 Å². The number of rotatable bonds is 6. The average molecular weight is 450 g/mol. The van der Waals surface area contributed by atoms with Crippen molar-refractivity contribution >= 4 is 21.6 Å². The molecule has 1 N–H and O–H groups in total. The molecule has 31 heavy (non-hydrogen) atoms. The van der Waals surface area contributed by atoms with Crippen molar-refractivity contribution in [1.29, 1.82) is 0 Å². The number of nitrogens with zero attached hydrogens (tertiary/aromatic N) is 1. The molecule has 0 saturated carbocycles. The summed E-state index contributed by atoms with van der Waals surface area (Å²) < 4.78 is 57.1. The van der Waals surface area contributed by atoms with Gasteiger partial charge in [-0.15, -0.1) is 0 Å². The number of sulfonamides is 1. The van der Waals surface area contributed by atoms with Gasteiger partial charge in [-0.05, 0) is 55.3 Å². The Hall–Kier alpha value is -2.53. The van der Waals surface area contributed by atoms with Gasteiger partial charge in [-0.1, -0.05) is 0 Å². The second-order valence-electron chi connectivity index (χ2n) is 7.22. The average Bonchev–Trinajstić information content (AvgIpc) is 3.32. The van der Waals surface area contributed by atoms with Crippen molar-refractivity contribution in [2.75, 3.05) is 38.2 Å². The number of hydrogen-bond donors (Lipinski definition) is 1. The third-order valence-electron chi connectivity index (χ3n) is 5.08. The van der Waals surface area contributed by atoms with Crippen LogP contribution in [0.2, 0.25) is 0 Å². The quantitative estimate of drug-likeness (QED) is 0.727. The fourth-order valence-electron chi connectivity index (χ4n) is 3.42. The van der Waals surface area contributed by atoms with Crippen molar-refractivity contribution in [2.45, 2.75) is 23.8 Å². The van der Waals surface area contributed by atoms with Crippen molar-refractivity contribution in [1.82, 2.24) is 4.31 Å². The monoisotopic (exact) mass is 450 g/mol. The van der Waals surface area contributed by atoms with Crippen LogP contribution < -0.4 is 10.1 Å². The molecule has 2 heterocycles. The number of anilines is 1. The van der Waals surface area contributed by atoms with Crippen LogP contribution in [-0.4, -0.2) is 57.6 Å². The summed E-state index contributed by atoms with van der Waals surface area (Å²) in [7, 11) is -3.77. The molecule has 0 aromatic heterocycles. The van der Waals surface area contributed by atoms with Gasteiger partial charge >= 0.3 is 0 Å². The first-order chi connectivity index (χ1) is 14.9. The Labute approximate surface area is 179 Å². The highest BCUT2D eigenvalue weighted by Gasteiger charge is 2.29. The molecule has 2 aliphatic rings. The van der Waals surface area contributed by atoms with Crippen LogP contribution in [0.4, 0.5) is 10.1 Å². The van der Waals surface area contributed by atoms with Gasteiger partial charge < -0.3 is 19.5 Å². The molecular weight excluding hydrogens is 427 g/mol. The van der Waals surface area contributed by atoms with Gasteiger partial charge in [0, 0.05) is 19.7 Å². The Morgan fingerprint density at radius 3 is 2.52 bits per heavy atom. The maximum atomic E-state index is 13.2. The molecule has 1 unspecified atom stereocenters. The molecule has 2 saturated heterocycles. The summed E-state index contributed by atoms with van der Waals surface area (Å²) in [5.41, 5.74) is 0.194. The third-order valence-corrected chi connectivity index (χ3v) is 6.97. The molecule has 0 aliphatic carbocycles. The minimum Gasteiger partial charge on any atom is -0.455 e. The smallest absolute Gasteiger partial charge is 0.253 e. The Morgan fingerprint density at radius 2 is 1.84 bits per heavy atom. The fourth-order valence-corrected chi connectivity index (χ4v) is 4.85. The van der Waals surface area contributed by atoms with E-state index in [0.717, 1.165) is 6.42 Å². The predicted octanol–water partition coefficient (Wildman–Crippen LogP) is 2.76. The summed E-state index contributed by atoms with van der Waals surface area (Å²) in [6, 6.07) is 9.65. The van der Waals surface area contributed by atoms with Crippen LogP contribution >= 0.6 is 0 Å². The van der Waals surface area contributed by atoms with Crippen molar-refractivity contribution in [2.24, 2.45) is 0 Å². The van der Waals surface area contributed by atoms with Crippen molar-refractivity contribution in [3.05, 3.63) is 48.3 Å². The third kappa shape index (κ3) is 5.04. The minimum absolute atomic E-state index is 0.0310. The largest absolute Gasteiger partial charge is 0.455 e. The zero-order valence-electron chi connectivity index (χ0n) is 16.8. The molecular formula is C21H23FN2O6S. The van der Waals surface area contributed by atoms with Gasteiger partial charge in [-0.25, -0.2) is 12.8 Å². The maximum Gasteiger partial charge on any atom is 0.253 e. The molecule has 8 nitrogen and oxygen atoms in total. The topological polar surface area (TPSA) is 94.2 Å². The van der Waals surface area contributed by atoms with Crippen LogP contribution in [0.25, 0.3) is 0 Å². The van der Waals surface area contributed by atoms with Crippen molar-refractivity contribution in [3.8, 4) is 11.5 Å². The van der Waals surface area contributed by atoms with Gasteiger partial charge in [0.25, 0.3) is 5.91 Å². The number of amides is 1. The van der Waals surface area contributed by atoms with E-state index in [1.165, 1.54) is 46.8 Å². The lowest BCUT2D eigenvalue weighted by atomic mass is 10.2. The highest BCUT2D eigenvalue weighted by atomic mass is 32.2. The van der Waals surface area contributed by atoms with E-state index in [0.29, 0.717) is 32.0 Å². The standard InChI is InChI=1S/C21H23FN2O6S/c22-15-3-5-16(6-4-15)30-19-8-7-17(31(26,27)24-9-12-28-13-10-24)14-18(19)23-21(25)20-2-1-11-29-20/h3-8,14,20H,1-2,9-13H2,(H,23,25). The highest BCUT2D eigenvalue weighted by Crippen LogP contribution is 2.33. The molecule has 4 rings (SSSR count). The Balaban J connectivity index is 1.65. The van der Waals surface area contributed by atoms with E-state index >= 15 is 0 Å². The van der Waals surface area contributed by atoms with E-state index in [9.17, 15) is 17.6 Å². The van der Waals surface area contributed by atoms with Crippen molar-refractivity contribution in [3.63, 3.8) is 0 Å². The molecule has 2 aliphatic heterocycles. The first-order valence-electron chi connectivity index (χ1n) is 10.0. The zero-order chi connectivity index (χ0) is 21.8. The van der Waals surface area contributed by atoms with Crippen LogP contribution in [0.3, 0.4) is 0 Å². The number of halogens is 1. The lowest BCUT2D eigenvalue weighted by Gasteiger charge is -2.26. The Kier molecular flexibility index (Phi) is 6.51. The van der Waals surface area contributed by atoms with E-state index < -0.39 is 21.9 Å². The molecule has 0 spiro atoms. The summed E-state index contributed by atoms with van der Waals surface area (Å²) >= 11 is 0. The summed E-state index contributed by atoms with van der Waals surface area (Å²) in [6.07, 6.45) is 0.770. The van der Waals surface area contributed by atoms with E-state index in [2.05, 4.69) is 5.32 Å². The molecule has 1 atom stereocenters. The SMILES string of the molecule is O=C(Nc1cc(S(=O)(=O)N2CCOCC2)ccc1Oc1ccc(F)cc1)C1CCCO1. The lowest BCUT2D eigenvalue weighted by Crippen LogP contribution is -2.40. The molecule has 2 aromatic carbocycles. The van der Waals surface area contributed by atoms with Gasteiger partial charge in [0.05, 0.1) is 23.8 Å². The summed E-state index contributed by atoms with van der Waals surface area (Å²) in [5, 5.41) is 2.73. The van der Waals surface area contributed by atoms with Crippen LogP contribution in [0.1, 0.15) is 12.8 Å². The number of carbonyl (C=O) groups is 1. The van der Waals surface area contributed by atoms with Gasteiger partial charge in [-0.3, -0.25) is 4.79 Å². The van der Waals surface area contributed by atoms with E-state index in [1.54, 1.807) is 0 Å². The van der Waals surface area contributed by atoms with E-state index in [4.69, 9.17) is 14.2 Å². The normalized spacial score (nSPS) is 19.8. The first-order valence-corrected chi connectivity index (χ1v) is 11.5. The van der Waals surface area contributed by atoms with Gasteiger partial charge in [0.15, 0.2) is 5.75 Å². The fraction of sp³-hybridized carbons (Fsp3) is 0.381. The van der Waals surface area contributed by atoms with Gasteiger partial charge in [-0.2, -0.15) is 4.31 Å². The summed E-state index contributed by atoms with van der Waals surface area (Å²) in [4.78, 5) is 12.6. The molecule has 0 bridgehead atoms. The predicted molar refractivity (Wildman–Crippen MR) is 110 cm³/mol. The summed E-state index contributed by atoms with van der Waals surface area (Å²) in [6.45, 7) is 1.67. The first kappa shape index (κ1) is 21.7. The minimum atomic E-state index is -3.77. The summed E-state index contributed by atoms with van der Waals surface area (Å²) in [5.74, 6) is -0.203. The van der Waals surface area contributed by atoms with E-state index in [-0.39, 0.29) is 35.3 Å². The number of ether oxygens (including phenoxy) is 3. The van der Waals surface area contributed by atoms with Crippen LogP contribution in [0, 0.1) is 5.82 Å². The molecule has 2 fully saturated rings. The van der Waals surface area contributed by atoms with E-state index in [1.807, 2.05) is 0 Å². The van der Waals surface area contributed by atoms with Crippen LogP contribution in [-0.2, 0) is 24.3 Å². The highest BCUT2D eigenvalue weighted by molar-refractivity contribution is 7.89. The van der Waals surface area contributed by atoms with Gasteiger partial charge in [0.1, 0.15) is 17.7 Å². The number of carbonyl (C=O) groups excluding carboxylic acids is 1. The van der Waals surface area contributed by atoms with Crippen LogP contribution in [0.5, 0.6) is 11.5 Å². The number of hydrogen-bond acceptors (Lipinski definition) is 6. The second kappa shape index (κ2) is 9.31. The lowest BCUT2D eigenvalue weighted by molar-refractivity contribution is -0.124. The number of morpholine rings is 1. The Bertz CT molecular complexity index is 1030. The van der Waals surface area contributed by atoms with Crippen LogP contribution in [0.15, 0.2) is 47.4 Å². The molecule has 0 radical (unpaired) electrons. The zero-order valence-corrected chi connectivity index (χ0v) is 17.6. The maximum absolute atomic E-state index is 13.2. The second-order valence-corrected chi connectivity index (χ2v) is 9.16. The Morgan fingerprint density at radius 1 is 1.10 bits per heavy atom. The number of benzene rings is 2. The molecule has 1 amide bonds. The van der Waals surface area contributed by atoms with Crippen molar-refractivity contribution < 1.29 is 31.8 Å². The molecule has 10 heteroatoms. The molecule has 166 valence electrons. The number of nitrogens with one attached hydrogen (secondary N) is 1.